The molecular formula is C13H21NOS. The van der Waals surface area contributed by atoms with E-state index in [0.29, 0.717) is 6.10 Å². The smallest absolute Gasteiger partial charge is 0.107 e. The topological polar surface area (TPSA) is 35.2 Å². The van der Waals surface area contributed by atoms with Crippen molar-refractivity contribution in [2.75, 3.05) is 0 Å². The van der Waals surface area contributed by atoms with E-state index in [0.717, 1.165) is 6.42 Å². The Bertz CT molecular complexity index is 332. The summed E-state index contributed by atoms with van der Waals surface area (Å²) in [5, 5.41) is 0. The Morgan fingerprint density at radius 1 is 1.50 bits per heavy atom. The molecule has 90 valence electrons. The van der Waals surface area contributed by atoms with Crippen LogP contribution in [0.25, 0.3) is 0 Å². The number of hydrogen-bond donors (Lipinski definition) is 1. The predicted octanol–water partition coefficient (Wildman–Crippen LogP) is 3.40. The molecule has 1 aromatic rings. The van der Waals surface area contributed by atoms with E-state index in [9.17, 15) is 0 Å². The lowest BCUT2D eigenvalue weighted by Crippen LogP contribution is -2.34. The fraction of sp³-hybridized carbons (Fsp3) is 0.692. The molecule has 2 unspecified atom stereocenters. The molecule has 0 amide bonds. The summed E-state index contributed by atoms with van der Waals surface area (Å²) < 4.78 is 6.12. The van der Waals surface area contributed by atoms with Crippen molar-refractivity contribution >= 4 is 11.3 Å². The monoisotopic (exact) mass is 239 g/mol. The van der Waals surface area contributed by atoms with E-state index in [2.05, 4.69) is 26.0 Å². The fourth-order valence-electron chi connectivity index (χ4n) is 1.91. The van der Waals surface area contributed by atoms with Crippen LogP contribution in [0.3, 0.4) is 0 Å². The van der Waals surface area contributed by atoms with Gasteiger partial charge in [0.15, 0.2) is 0 Å². The number of aryl methyl sites for hydroxylation is 1. The van der Waals surface area contributed by atoms with E-state index >= 15 is 0 Å². The second-order valence-corrected chi connectivity index (χ2v) is 5.95. The van der Waals surface area contributed by atoms with Gasteiger partial charge in [0.25, 0.3) is 0 Å². The Morgan fingerprint density at radius 3 is 2.69 bits per heavy atom. The zero-order valence-corrected chi connectivity index (χ0v) is 10.9. The first kappa shape index (κ1) is 12.1. The van der Waals surface area contributed by atoms with Crippen LogP contribution in [0.5, 0.6) is 0 Å². The van der Waals surface area contributed by atoms with Gasteiger partial charge in [-0.15, -0.1) is 11.3 Å². The maximum Gasteiger partial charge on any atom is 0.107 e. The zero-order chi connectivity index (χ0) is 11.5. The number of ether oxygens (including phenoxy) is 1. The molecule has 0 spiro atoms. The largest absolute Gasteiger partial charge is 0.368 e. The molecule has 1 saturated carbocycles. The first-order chi connectivity index (χ1) is 7.70. The molecule has 0 aliphatic heterocycles. The van der Waals surface area contributed by atoms with E-state index in [1.54, 1.807) is 0 Å². The van der Waals surface area contributed by atoms with E-state index in [1.165, 1.54) is 29.0 Å². The summed E-state index contributed by atoms with van der Waals surface area (Å²) in [6, 6.07) is 4.44. The van der Waals surface area contributed by atoms with Crippen molar-refractivity contribution in [1.82, 2.24) is 0 Å². The van der Waals surface area contributed by atoms with Crippen LogP contribution in [0.4, 0.5) is 0 Å². The molecule has 2 rings (SSSR count). The summed E-state index contributed by atoms with van der Waals surface area (Å²) in [4.78, 5) is 2.62. The molecule has 1 fully saturated rings. The predicted molar refractivity (Wildman–Crippen MR) is 68.8 cm³/mol. The van der Waals surface area contributed by atoms with Gasteiger partial charge in [0.2, 0.25) is 0 Å². The second-order valence-electron chi connectivity index (χ2n) is 4.63. The minimum absolute atomic E-state index is 0.106. The van der Waals surface area contributed by atoms with Crippen molar-refractivity contribution in [3.05, 3.63) is 21.9 Å². The molecule has 1 aromatic heterocycles. The van der Waals surface area contributed by atoms with Gasteiger partial charge in [-0.3, -0.25) is 0 Å². The number of hydrogen-bond acceptors (Lipinski definition) is 3. The van der Waals surface area contributed by atoms with Crippen molar-refractivity contribution in [1.29, 1.82) is 0 Å². The van der Waals surface area contributed by atoms with Crippen molar-refractivity contribution in [2.24, 2.45) is 5.73 Å². The molecule has 0 radical (unpaired) electrons. The fourth-order valence-corrected chi connectivity index (χ4v) is 2.90. The van der Waals surface area contributed by atoms with Crippen LogP contribution < -0.4 is 5.73 Å². The Morgan fingerprint density at radius 2 is 2.25 bits per heavy atom. The maximum atomic E-state index is 6.17. The van der Waals surface area contributed by atoms with E-state index < -0.39 is 0 Å². The van der Waals surface area contributed by atoms with Gasteiger partial charge in [-0.2, -0.15) is 0 Å². The Hall–Kier alpha value is -0.380. The lowest BCUT2D eigenvalue weighted by Gasteiger charge is -2.32. The minimum Gasteiger partial charge on any atom is -0.368 e. The van der Waals surface area contributed by atoms with Crippen molar-refractivity contribution in [2.45, 2.75) is 57.8 Å². The van der Waals surface area contributed by atoms with Crippen molar-refractivity contribution in [3.63, 3.8) is 0 Å². The normalized spacial score (nSPS) is 20.4. The van der Waals surface area contributed by atoms with E-state index in [4.69, 9.17) is 10.5 Å². The summed E-state index contributed by atoms with van der Waals surface area (Å²) in [6.45, 7) is 4.26. The highest BCUT2D eigenvalue weighted by molar-refractivity contribution is 7.12. The van der Waals surface area contributed by atoms with Gasteiger partial charge in [-0.25, -0.2) is 0 Å². The second kappa shape index (κ2) is 5.30. The quantitative estimate of drug-likeness (QED) is 0.854. The van der Waals surface area contributed by atoms with Crippen LogP contribution in [0.2, 0.25) is 0 Å². The number of thiophene rings is 1. The lowest BCUT2D eigenvalue weighted by atomic mass is 9.95. The molecule has 1 heterocycles. The molecule has 0 aromatic carbocycles. The summed E-state index contributed by atoms with van der Waals surface area (Å²) in [5.74, 6) is 0. The van der Waals surface area contributed by atoms with Crippen molar-refractivity contribution < 1.29 is 4.74 Å². The highest BCUT2D eigenvalue weighted by Gasteiger charge is 2.27. The first-order valence-corrected chi connectivity index (χ1v) is 6.99. The van der Waals surface area contributed by atoms with Gasteiger partial charge in [0.1, 0.15) is 6.10 Å². The van der Waals surface area contributed by atoms with Gasteiger partial charge in [0, 0.05) is 15.8 Å². The van der Waals surface area contributed by atoms with E-state index in [-0.39, 0.29) is 12.1 Å². The molecule has 1 aliphatic carbocycles. The summed E-state index contributed by atoms with van der Waals surface area (Å²) in [5.41, 5.74) is 6.17. The molecule has 3 heteroatoms. The minimum atomic E-state index is 0.106. The Labute approximate surface area is 102 Å². The molecule has 2 nitrogen and oxygen atoms in total. The molecule has 0 bridgehead atoms. The third-order valence-electron chi connectivity index (χ3n) is 3.29. The van der Waals surface area contributed by atoms with Gasteiger partial charge in [-0.05, 0) is 44.7 Å². The summed E-state index contributed by atoms with van der Waals surface area (Å²) in [7, 11) is 0. The standard InChI is InChI=1S/C13H21NOS/c1-3-11(14)13(15-10-5-4-6-10)12-8-7-9(2)16-12/h7-8,10-11,13H,3-6,14H2,1-2H3. The van der Waals surface area contributed by atoms with Crippen LogP contribution in [0.15, 0.2) is 12.1 Å². The van der Waals surface area contributed by atoms with Gasteiger partial charge < -0.3 is 10.5 Å². The lowest BCUT2D eigenvalue weighted by molar-refractivity contribution is -0.0622. The van der Waals surface area contributed by atoms with Crippen LogP contribution >= 0.6 is 11.3 Å². The van der Waals surface area contributed by atoms with Crippen molar-refractivity contribution in [3.8, 4) is 0 Å². The third kappa shape index (κ3) is 2.65. The average Bonchev–Trinajstić information content (AvgIpc) is 2.62. The molecule has 16 heavy (non-hydrogen) atoms. The summed E-state index contributed by atoms with van der Waals surface area (Å²) in [6.07, 6.45) is 5.24. The maximum absolute atomic E-state index is 6.17. The van der Waals surface area contributed by atoms with Crippen LogP contribution in [-0.4, -0.2) is 12.1 Å². The Balaban J connectivity index is 2.06. The van der Waals surface area contributed by atoms with Gasteiger partial charge in [-0.1, -0.05) is 6.92 Å². The average molecular weight is 239 g/mol. The molecule has 2 N–H and O–H groups in total. The van der Waals surface area contributed by atoms with Crippen LogP contribution in [0.1, 0.15) is 48.5 Å². The van der Waals surface area contributed by atoms with E-state index in [1.807, 2.05) is 11.3 Å². The molecule has 0 saturated heterocycles. The molecule has 1 aliphatic rings. The highest BCUT2D eigenvalue weighted by atomic mass is 32.1. The third-order valence-corrected chi connectivity index (χ3v) is 4.36. The van der Waals surface area contributed by atoms with Crippen LogP contribution in [0, 0.1) is 6.92 Å². The van der Waals surface area contributed by atoms with Gasteiger partial charge in [0.05, 0.1) is 6.10 Å². The molecular weight excluding hydrogens is 218 g/mol. The van der Waals surface area contributed by atoms with Crippen LogP contribution in [-0.2, 0) is 4.74 Å². The highest BCUT2D eigenvalue weighted by Crippen LogP contribution is 2.34. The summed E-state index contributed by atoms with van der Waals surface area (Å²) >= 11 is 1.81. The molecule has 2 atom stereocenters. The first-order valence-electron chi connectivity index (χ1n) is 6.18. The zero-order valence-electron chi connectivity index (χ0n) is 10.1. The number of nitrogens with two attached hydrogens (primary N) is 1. The number of rotatable bonds is 5. The Kier molecular flexibility index (Phi) is 4.00. The SMILES string of the molecule is CCC(N)C(OC1CCC1)c1ccc(C)s1. The van der Waals surface area contributed by atoms with Gasteiger partial charge >= 0.3 is 0 Å².